The summed E-state index contributed by atoms with van der Waals surface area (Å²) >= 11 is 10.6. The van der Waals surface area contributed by atoms with Crippen LogP contribution in [0, 0.1) is 0 Å². The maximum Gasteiger partial charge on any atom is 0.152 e. The maximum atomic E-state index is 11.4. The van der Waals surface area contributed by atoms with Gasteiger partial charge in [-0.1, -0.05) is 28.1 Å². The van der Waals surface area contributed by atoms with Crippen molar-refractivity contribution in [2.24, 2.45) is 0 Å². The van der Waals surface area contributed by atoms with Gasteiger partial charge in [0.15, 0.2) is 5.78 Å². The van der Waals surface area contributed by atoms with Crippen LogP contribution in [0.1, 0.15) is 11.1 Å². The predicted octanol–water partition coefficient (Wildman–Crippen LogP) is 3.65. The van der Waals surface area contributed by atoms with Crippen LogP contribution in [-0.4, -0.2) is 17.9 Å². The molecule has 0 aromatic heterocycles. The molecular formula is C11H12BrClOS. The standard InChI is InChI=1S/C11H12BrClOS/c1-15-11-4-2-3-8(6-12)10(11)5-9(14)7-13/h2-4H,5-7H2,1H3. The number of thioether (sulfide) groups is 1. The van der Waals surface area contributed by atoms with Gasteiger partial charge in [-0.15, -0.1) is 23.4 Å². The van der Waals surface area contributed by atoms with Crippen LogP contribution in [0.15, 0.2) is 23.1 Å². The van der Waals surface area contributed by atoms with Gasteiger partial charge in [0.05, 0.1) is 5.88 Å². The largest absolute Gasteiger partial charge is 0.298 e. The zero-order valence-electron chi connectivity index (χ0n) is 8.43. The van der Waals surface area contributed by atoms with Crippen LogP contribution >= 0.6 is 39.3 Å². The topological polar surface area (TPSA) is 17.1 Å². The highest BCUT2D eigenvalue weighted by atomic mass is 79.9. The van der Waals surface area contributed by atoms with Crippen LogP contribution in [0.5, 0.6) is 0 Å². The molecule has 0 bridgehead atoms. The highest BCUT2D eigenvalue weighted by Crippen LogP contribution is 2.25. The third-order valence-corrected chi connectivity index (χ3v) is 3.84. The molecule has 0 saturated heterocycles. The molecule has 0 fully saturated rings. The van der Waals surface area contributed by atoms with E-state index in [0.29, 0.717) is 6.42 Å². The lowest BCUT2D eigenvalue weighted by atomic mass is 10.0. The Balaban J connectivity index is 3.05. The molecule has 0 radical (unpaired) electrons. The van der Waals surface area contributed by atoms with E-state index < -0.39 is 0 Å². The number of carbonyl (C=O) groups excluding carboxylic acids is 1. The third-order valence-electron chi connectivity index (χ3n) is 2.12. The van der Waals surface area contributed by atoms with E-state index in [1.165, 1.54) is 5.56 Å². The monoisotopic (exact) mass is 306 g/mol. The summed E-state index contributed by atoms with van der Waals surface area (Å²) in [5.74, 6) is 0.158. The zero-order valence-corrected chi connectivity index (χ0v) is 11.6. The quantitative estimate of drug-likeness (QED) is 0.610. The van der Waals surface area contributed by atoms with Gasteiger partial charge in [-0.25, -0.2) is 0 Å². The minimum atomic E-state index is 0.0698. The molecule has 0 aliphatic carbocycles. The van der Waals surface area contributed by atoms with Gasteiger partial charge in [0.1, 0.15) is 0 Å². The molecule has 0 N–H and O–H groups in total. The molecule has 0 aliphatic heterocycles. The number of halogens is 2. The molecule has 82 valence electrons. The lowest BCUT2D eigenvalue weighted by molar-refractivity contribution is -0.116. The number of Topliss-reactive ketones (excluding diaryl/α,β-unsaturated/α-hetero) is 1. The van der Waals surface area contributed by atoms with E-state index in [-0.39, 0.29) is 11.7 Å². The summed E-state index contributed by atoms with van der Waals surface area (Å²) in [4.78, 5) is 12.5. The van der Waals surface area contributed by atoms with Gasteiger partial charge in [0.25, 0.3) is 0 Å². The average molecular weight is 308 g/mol. The molecule has 0 saturated carbocycles. The number of benzene rings is 1. The van der Waals surface area contributed by atoms with E-state index in [1.807, 2.05) is 24.5 Å². The van der Waals surface area contributed by atoms with E-state index in [4.69, 9.17) is 11.6 Å². The highest BCUT2D eigenvalue weighted by molar-refractivity contribution is 9.08. The second-order valence-electron chi connectivity index (χ2n) is 3.08. The summed E-state index contributed by atoms with van der Waals surface area (Å²) in [5.41, 5.74) is 2.27. The molecule has 1 aromatic carbocycles. The second kappa shape index (κ2) is 6.56. The number of alkyl halides is 2. The average Bonchev–Trinajstić information content (AvgIpc) is 2.29. The smallest absolute Gasteiger partial charge is 0.152 e. The van der Waals surface area contributed by atoms with Gasteiger partial charge in [-0.2, -0.15) is 0 Å². The van der Waals surface area contributed by atoms with Crippen molar-refractivity contribution in [1.82, 2.24) is 0 Å². The minimum Gasteiger partial charge on any atom is -0.298 e. The summed E-state index contributed by atoms with van der Waals surface area (Å²) in [7, 11) is 0. The van der Waals surface area contributed by atoms with Crippen LogP contribution in [0.3, 0.4) is 0 Å². The van der Waals surface area contributed by atoms with Crippen LogP contribution in [-0.2, 0) is 16.5 Å². The number of rotatable bonds is 5. The fourth-order valence-electron chi connectivity index (χ4n) is 1.37. The summed E-state index contributed by atoms with van der Waals surface area (Å²) in [6, 6.07) is 6.08. The van der Waals surface area contributed by atoms with E-state index in [2.05, 4.69) is 15.9 Å². The summed E-state index contributed by atoms with van der Waals surface area (Å²) in [6.07, 6.45) is 2.45. The third kappa shape index (κ3) is 3.51. The first-order valence-electron chi connectivity index (χ1n) is 4.51. The first-order valence-corrected chi connectivity index (χ1v) is 7.39. The summed E-state index contributed by atoms with van der Waals surface area (Å²) in [6.45, 7) is 0. The molecule has 0 atom stereocenters. The molecule has 0 aliphatic rings. The Morgan fingerprint density at radius 3 is 2.80 bits per heavy atom. The van der Waals surface area contributed by atoms with Crippen molar-refractivity contribution >= 4 is 45.1 Å². The van der Waals surface area contributed by atoms with Crippen LogP contribution in [0.2, 0.25) is 0 Å². The Morgan fingerprint density at radius 1 is 1.53 bits per heavy atom. The van der Waals surface area contributed by atoms with Crippen LogP contribution in [0.25, 0.3) is 0 Å². The fraction of sp³-hybridized carbons (Fsp3) is 0.364. The van der Waals surface area contributed by atoms with Crippen LogP contribution in [0.4, 0.5) is 0 Å². The van der Waals surface area contributed by atoms with Crippen molar-refractivity contribution < 1.29 is 4.79 Å². The van der Waals surface area contributed by atoms with Crippen molar-refractivity contribution in [3.8, 4) is 0 Å². The lowest BCUT2D eigenvalue weighted by Gasteiger charge is -2.10. The zero-order chi connectivity index (χ0) is 11.3. The van der Waals surface area contributed by atoms with Crippen molar-refractivity contribution in [3.05, 3.63) is 29.3 Å². The molecule has 1 nitrogen and oxygen atoms in total. The van der Waals surface area contributed by atoms with Gasteiger partial charge < -0.3 is 0 Å². The molecule has 15 heavy (non-hydrogen) atoms. The Bertz CT molecular complexity index is 332. The predicted molar refractivity (Wildman–Crippen MR) is 70.3 cm³/mol. The number of hydrogen-bond acceptors (Lipinski definition) is 2. The second-order valence-corrected chi connectivity index (χ2v) is 4.76. The number of ketones is 1. The van der Waals surface area contributed by atoms with Crippen LogP contribution < -0.4 is 0 Å². The fourth-order valence-corrected chi connectivity index (χ4v) is 2.66. The molecule has 1 rings (SSSR count). The maximum absolute atomic E-state index is 11.4. The molecule has 1 aromatic rings. The van der Waals surface area contributed by atoms with E-state index >= 15 is 0 Å². The van der Waals surface area contributed by atoms with Crippen molar-refractivity contribution in [2.75, 3.05) is 12.1 Å². The molecule has 0 unspecified atom stereocenters. The van der Waals surface area contributed by atoms with Crippen molar-refractivity contribution in [3.63, 3.8) is 0 Å². The van der Waals surface area contributed by atoms with E-state index in [0.717, 1.165) is 15.8 Å². The van der Waals surface area contributed by atoms with Gasteiger partial charge in [0, 0.05) is 16.6 Å². The van der Waals surface area contributed by atoms with Gasteiger partial charge in [0.2, 0.25) is 0 Å². The van der Waals surface area contributed by atoms with Crippen molar-refractivity contribution in [2.45, 2.75) is 16.6 Å². The number of hydrogen-bond donors (Lipinski definition) is 0. The first-order chi connectivity index (χ1) is 7.22. The first kappa shape index (κ1) is 13.1. The van der Waals surface area contributed by atoms with Crippen molar-refractivity contribution in [1.29, 1.82) is 0 Å². The molecule has 0 amide bonds. The molecule has 4 heteroatoms. The Kier molecular flexibility index (Phi) is 5.72. The summed E-state index contributed by atoms with van der Waals surface area (Å²) < 4.78 is 0. The SMILES string of the molecule is CSc1cccc(CBr)c1CC(=O)CCl. The Labute approximate surface area is 108 Å². The molecular weight excluding hydrogens is 296 g/mol. The highest BCUT2D eigenvalue weighted by Gasteiger charge is 2.10. The normalized spacial score (nSPS) is 10.3. The van der Waals surface area contributed by atoms with Gasteiger partial charge in [-0.05, 0) is 23.4 Å². The molecule has 0 spiro atoms. The van der Waals surface area contributed by atoms with Gasteiger partial charge >= 0.3 is 0 Å². The Hall–Kier alpha value is 0.01000. The molecule has 0 heterocycles. The van der Waals surface area contributed by atoms with E-state index in [9.17, 15) is 4.79 Å². The number of carbonyl (C=O) groups is 1. The Morgan fingerprint density at radius 2 is 2.27 bits per heavy atom. The minimum absolute atomic E-state index is 0.0698. The van der Waals surface area contributed by atoms with Gasteiger partial charge in [-0.3, -0.25) is 4.79 Å². The summed E-state index contributed by atoms with van der Waals surface area (Å²) in [5, 5.41) is 0.770. The lowest BCUT2D eigenvalue weighted by Crippen LogP contribution is -2.07. The van der Waals surface area contributed by atoms with E-state index in [1.54, 1.807) is 11.8 Å².